The lowest BCUT2D eigenvalue weighted by Gasteiger charge is -2.21. The fourth-order valence-corrected chi connectivity index (χ4v) is 4.55. The van der Waals surface area contributed by atoms with Crippen LogP contribution >= 0.6 is 11.3 Å². The zero-order valence-corrected chi connectivity index (χ0v) is 18.9. The van der Waals surface area contributed by atoms with Crippen molar-refractivity contribution in [2.24, 2.45) is 0 Å². The molecule has 0 aliphatic rings. The van der Waals surface area contributed by atoms with Crippen molar-refractivity contribution >= 4 is 33.4 Å². The van der Waals surface area contributed by atoms with E-state index in [4.69, 9.17) is 4.74 Å². The minimum Gasteiger partial charge on any atom is -0.466 e. The molecule has 0 aliphatic heterocycles. The molecule has 0 saturated heterocycles. The van der Waals surface area contributed by atoms with Gasteiger partial charge in [0, 0.05) is 13.1 Å². The fourth-order valence-electron chi connectivity index (χ4n) is 3.44. The van der Waals surface area contributed by atoms with Gasteiger partial charge in [-0.25, -0.2) is 4.98 Å². The number of ether oxygens (including phenoxy) is 1. The third kappa shape index (κ3) is 5.19. The lowest BCUT2D eigenvalue weighted by molar-refractivity contribution is -0.143. The van der Waals surface area contributed by atoms with Crippen LogP contribution in [0.1, 0.15) is 47.5 Å². The van der Waals surface area contributed by atoms with Crippen molar-refractivity contribution in [3.63, 3.8) is 0 Å². The van der Waals surface area contributed by atoms with Crippen molar-refractivity contribution in [3.8, 4) is 0 Å². The van der Waals surface area contributed by atoms with Crippen LogP contribution < -0.4 is 5.56 Å². The number of hydrogen-bond donors (Lipinski definition) is 0. The molecule has 0 N–H and O–H groups in total. The molecule has 2 heterocycles. The van der Waals surface area contributed by atoms with E-state index < -0.39 is 0 Å². The number of carbonyl (C=O) groups is 2. The number of thiophene rings is 1. The van der Waals surface area contributed by atoms with Crippen molar-refractivity contribution in [1.29, 1.82) is 0 Å². The van der Waals surface area contributed by atoms with E-state index in [2.05, 4.69) is 4.98 Å². The molecule has 1 aromatic carbocycles. The summed E-state index contributed by atoms with van der Waals surface area (Å²) in [6.45, 7) is 7.07. The fraction of sp³-hybridized carbons (Fsp3) is 0.391. The van der Waals surface area contributed by atoms with Crippen LogP contribution in [0.4, 0.5) is 0 Å². The Labute approximate surface area is 185 Å². The van der Waals surface area contributed by atoms with Gasteiger partial charge in [0.25, 0.3) is 11.5 Å². The number of amides is 1. The van der Waals surface area contributed by atoms with E-state index in [1.807, 2.05) is 37.3 Å². The number of aryl methyl sites for hydroxylation is 1. The highest BCUT2D eigenvalue weighted by atomic mass is 32.1. The molecular formula is C23H27N3O4S. The summed E-state index contributed by atoms with van der Waals surface area (Å²) in [5.41, 5.74) is 1.49. The van der Waals surface area contributed by atoms with Gasteiger partial charge in [-0.1, -0.05) is 37.3 Å². The second kappa shape index (κ2) is 10.3. The number of fused-ring (bicyclic) bond motifs is 1. The summed E-state index contributed by atoms with van der Waals surface area (Å²) in [4.78, 5) is 45.2. The lowest BCUT2D eigenvalue weighted by Crippen LogP contribution is -2.34. The molecule has 0 aliphatic carbocycles. The summed E-state index contributed by atoms with van der Waals surface area (Å²) >= 11 is 1.23. The first-order chi connectivity index (χ1) is 15.0. The molecule has 3 aromatic rings. The Bertz CT molecular complexity index is 1120. The molecule has 0 fully saturated rings. The van der Waals surface area contributed by atoms with Gasteiger partial charge >= 0.3 is 5.97 Å². The van der Waals surface area contributed by atoms with Crippen LogP contribution in [0.2, 0.25) is 0 Å². The summed E-state index contributed by atoms with van der Waals surface area (Å²) in [5, 5.41) is 0.480. The molecule has 0 unspecified atom stereocenters. The van der Waals surface area contributed by atoms with Gasteiger partial charge < -0.3 is 9.64 Å². The molecule has 0 atom stereocenters. The van der Waals surface area contributed by atoms with Gasteiger partial charge in [-0.15, -0.1) is 11.3 Å². The van der Waals surface area contributed by atoms with Gasteiger partial charge in [0.2, 0.25) is 0 Å². The van der Waals surface area contributed by atoms with E-state index in [9.17, 15) is 14.4 Å². The maximum atomic E-state index is 13.2. The Kier molecular flexibility index (Phi) is 7.57. The van der Waals surface area contributed by atoms with Crippen LogP contribution in [0.3, 0.4) is 0 Å². The molecule has 164 valence electrons. The minimum absolute atomic E-state index is 0.144. The minimum atomic E-state index is -0.324. The van der Waals surface area contributed by atoms with E-state index in [1.54, 1.807) is 23.3 Å². The first-order valence-electron chi connectivity index (χ1n) is 10.4. The Balaban J connectivity index is 1.90. The second-order valence-corrected chi connectivity index (χ2v) is 8.25. The highest BCUT2D eigenvalue weighted by Crippen LogP contribution is 2.28. The van der Waals surface area contributed by atoms with Crippen molar-refractivity contribution in [1.82, 2.24) is 14.5 Å². The van der Waals surface area contributed by atoms with Crippen LogP contribution in [0.15, 0.2) is 41.5 Å². The van der Waals surface area contributed by atoms with Crippen molar-refractivity contribution in [2.75, 3.05) is 19.7 Å². The van der Waals surface area contributed by atoms with Gasteiger partial charge in [-0.3, -0.25) is 19.0 Å². The van der Waals surface area contributed by atoms with Gasteiger partial charge in [-0.05, 0) is 31.4 Å². The van der Waals surface area contributed by atoms with Crippen LogP contribution in [0.5, 0.6) is 0 Å². The topological polar surface area (TPSA) is 81.5 Å². The highest BCUT2D eigenvalue weighted by molar-refractivity contribution is 7.20. The Morgan fingerprint density at radius 1 is 1.16 bits per heavy atom. The van der Waals surface area contributed by atoms with Gasteiger partial charge in [0.05, 0.1) is 36.2 Å². The zero-order valence-electron chi connectivity index (χ0n) is 18.1. The molecule has 0 bridgehead atoms. The number of carbonyl (C=O) groups excluding carboxylic acids is 2. The van der Waals surface area contributed by atoms with E-state index >= 15 is 0 Å². The third-order valence-corrected chi connectivity index (χ3v) is 6.17. The first kappa shape index (κ1) is 22.7. The van der Waals surface area contributed by atoms with E-state index in [-0.39, 0.29) is 30.4 Å². The zero-order chi connectivity index (χ0) is 22.4. The summed E-state index contributed by atoms with van der Waals surface area (Å²) < 4.78 is 6.54. The van der Waals surface area contributed by atoms with Gasteiger partial charge in [0.1, 0.15) is 4.83 Å². The molecule has 7 nitrogen and oxygen atoms in total. The van der Waals surface area contributed by atoms with Crippen molar-refractivity contribution < 1.29 is 14.3 Å². The van der Waals surface area contributed by atoms with Crippen LogP contribution in [-0.4, -0.2) is 46.0 Å². The lowest BCUT2D eigenvalue weighted by atomic mass is 10.2. The number of esters is 1. The predicted octanol–water partition coefficient (Wildman–Crippen LogP) is 3.62. The van der Waals surface area contributed by atoms with Crippen LogP contribution in [0.25, 0.3) is 10.2 Å². The van der Waals surface area contributed by atoms with E-state index in [0.717, 1.165) is 12.0 Å². The maximum absolute atomic E-state index is 13.2. The first-order valence-corrected chi connectivity index (χ1v) is 11.2. The van der Waals surface area contributed by atoms with Crippen LogP contribution in [0, 0.1) is 6.92 Å². The summed E-state index contributed by atoms with van der Waals surface area (Å²) in [5.74, 6) is -0.504. The van der Waals surface area contributed by atoms with Crippen molar-refractivity contribution in [3.05, 3.63) is 63.0 Å². The molecule has 1 amide bonds. The number of hydrogen-bond acceptors (Lipinski definition) is 6. The summed E-state index contributed by atoms with van der Waals surface area (Å²) in [6.07, 6.45) is 2.44. The predicted molar refractivity (Wildman–Crippen MR) is 122 cm³/mol. The number of benzene rings is 1. The number of aromatic nitrogens is 2. The van der Waals surface area contributed by atoms with Crippen molar-refractivity contribution in [2.45, 2.75) is 40.2 Å². The van der Waals surface area contributed by atoms with Gasteiger partial charge in [0.15, 0.2) is 0 Å². The average Bonchev–Trinajstić information content (AvgIpc) is 3.10. The van der Waals surface area contributed by atoms with E-state index in [0.29, 0.717) is 40.4 Å². The smallest absolute Gasteiger partial charge is 0.307 e. The quantitative estimate of drug-likeness (QED) is 0.474. The Hall–Kier alpha value is -3.00. The molecule has 2 aromatic heterocycles. The largest absolute Gasteiger partial charge is 0.466 e. The second-order valence-electron chi connectivity index (χ2n) is 7.25. The molecule has 0 radical (unpaired) electrons. The normalized spacial score (nSPS) is 10.9. The average molecular weight is 442 g/mol. The molecule has 8 heteroatoms. The molecule has 0 spiro atoms. The summed E-state index contributed by atoms with van der Waals surface area (Å²) in [7, 11) is 0. The highest BCUT2D eigenvalue weighted by Gasteiger charge is 2.24. The molecular weight excluding hydrogens is 414 g/mol. The van der Waals surface area contributed by atoms with E-state index in [1.165, 1.54) is 17.7 Å². The summed E-state index contributed by atoms with van der Waals surface area (Å²) in [6, 6.07) is 9.70. The molecule has 0 saturated carbocycles. The Morgan fingerprint density at radius 3 is 2.58 bits per heavy atom. The SMILES string of the molecule is CCCN(CCC(=O)OCC)C(=O)c1sc2ncn(Cc3ccccc3)c(=O)c2c1C. The van der Waals surface area contributed by atoms with Crippen LogP contribution in [-0.2, 0) is 16.1 Å². The maximum Gasteiger partial charge on any atom is 0.307 e. The molecule has 31 heavy (non-hydrogen) atoms. The number of rotatable bonds is 9. The third-order valence-electron chi connectivity index (χ3n) is 4.98. The standard InChI is InChI=1S/C23H27N3O4S/c1-4-12-25(13-11-18(27)30-5-2)23(29)20-16(3)19-21(31-20)24-15-26(22(19)28)14-17-9-7-6-8-10-17/h6-10,15H,4-5,11-14H2,1-3H3. The number of nitrogens with zero attached hydrogens (tertiary/aromatic N) is 3. The van der Waals surface area contributed by atoms with Gasteiger partial charge in [-0.2, -0.15) is 0 Å². The molecule has 3 rings (SSSR count). The monoisotopic (exact) mass is 441 g/mol. The Morgan fingerprint density at radius 2 is 1.90 bits per heavy atom.